The zero-order valence-corrected chi connectivity index (χ0v) is 9.34. The number of aryl methyl sites for hydroxylation is 2. The second kappa shape index (κ2) is 4.28. The SMILES string of the molecule is Cc1cc(Oc2c(F)c(F)nc(F)c2F)n(C)n1. The minimum atomic E-state index is -1.78. The number of ether oxygens (including phenoxy) is 1. The van der Waals surface area contributed by atoms with Gasteiger partial charge < -0.3 is 4.74 Å². The Bertz CT molecular complexity index is 585. The fourth-order valence-corrected chi connectivity index (χ4v) is 1.34. The molecule has 0 fully saturated rings. The summed E-state index contributed by atoms with van der Waals surface area (Å²) < 4.78 is 58.2. The van der Waals surface area contributed by atoms with Gasteiger partial charge in [-0.3, -0.25) is 0 Å². The van der Waals surface area contributed by atoms with Gasteiger partial charge in [-0.05, 0) is 6.92 Å². The van der Waals surface area contributed by atoms with Crippen molar-refractivity contribution < 1.29 is 22.3 Å². The summed E-state index contributed by atoms with van der Waals surface area (Å²) in [5.41, 5.74) is 0.517. The molecule has 0 unspecified atom stereocenters. The van der Waals surface area contributed by atoms with Gasteiger partial charge in [0.2, 0.25) is 23.3 Å². The molecule has 0 amide bonds. The van der Waals surface area contributed by atoms with E-state index in [1.165, 1.54) is 17.8 Å². The quantitative estimate of drug-likeness (QED) is 0.616. The maximum absolute atomic E-state index is 13.3. The van der Waals surface area contributed by atoms with Crippen molar-refractivity contribution in [2.45, 2.75) is 6.92 Å². The summed E-state index contributed by atoms with van der Waals surface area (Å²) in [5.74, 6) is -8.20. The molecule has 0 saturated heterocycles. The van der Waals surface area contributed by atoms with Crippen LogP contribution < -0.4 is 4.74 Å². The lowest BCUT2D eigenvalue weighted by molar-refractivity contribution is 0.329. The van der Waals surface area contributed by atoms with Crippen molar-refractivity contribution >= 4 is 0 Å². The molecule has 0 radical (unpaired) electrons. The van der Waals surface area contributed by atoms with Crippen molar-refractivity contribution in [3.8, 4) is 11.6 Å². The summed E-state index contributed by atoms with van der Waals surface area (Å²) in [7, 11) is 1.45. The van der Waals surface area contributed by atoms with Gasteiger partial charge in [0.05, 0.1) is 5.69 Å². The number of pyridine rings is 1. The third-order valence-electron chi connectivity index (χ3n) is 2.12. The summed E-state index contributed by atoms with van der Waals surface area (Å²) >= 11 is 0. The maximum atomic E-state index is 13.3. The molecule has 0 aromatic carbocycles. The minimum Gasteiger partial charge on any atom is -0.433 e. The average molecular weight is 261 g/mol. The van der Waals surface area contributed by atoms with E-state index in [-0.39, 0.29) is 5.88 Å². The number of hydrogen-bond donors (Lipinski definition) is 0. The predicted molar refractivity (Wildman–Crippen MR) is 52.1 cm³/mol. The third kappa shape index (κ3) is 2.01. The largest absolute Gasteiger partial charge is 0.433 e. The monoisotopic (exact) mass is 261 g/mol. The van der Waals surface area contributed by atoms with Crippen LogP contribution in [0.15, 0.2) is 6.07 Å². The van der Waals surface area contributed by atoms with Crippen molar-refractivity contribution in [1.82, 2.24) is 14.8 Å². The van der Waals surface area contributed by atoms with Crippen LogP contribution >= 0.6 is 0 Å². The summed E-state index contributed by atoms with van der Waals surface area (Å²) in [4.78, 5) is 2.42. The molecule has 0 bridgehead atoms. The standard InChI is InChI=1S/C10H7F4N3O/c1-4-3-5(17(2)16-4)18-8-6(11)9(13)15-10(14)7(8)12/h3H,1-2H3. The zero-order chi connectivity index (χ0) is 13.4. The first-order chi connectivity index (χ1) is 8.40. The van der Waals surface area contributed by atoms with Crippen LogP contribution in [-0.2, 0) is 7.05 Å². The van der Waals surface area contributed by atoms with E-state index in [1.807, 2.05) is 0 Å². The lowest BCUT2D eigenvalue weighted by Gasteiger charge is -2.07. The Morgan fingerprint density at radius 2 is 1.67 bits per heavy atom. The molecule has 0 aliphatic carbocycles. The van der Waals surface area contributed by atoms with Crippen LogP contribution in [0.2, 0.25) is 0 Å². The molecule has 18 heavy (non-hydrogen) atoms. The molecule has 0 aliphatic heterocycles. The van der Waals surface area contributed by atoms with Crippen LogP contribution in [0.5, 0.6) is 11.6 Å². The van der Waals surface area contributed by atoms with E-state index in [9.17, 15) is 17.6 Å². The molecule has 4 nitrogen and oxygen atoms in total. The summed E-state index contributed by atoms with van der Waals surface area (Å²) in [6, 6.07) is 1.36. The second-order valence-corrected chi connectivity index (χ2v) is 3.50. The van der Waals surface area contributed by atoms with Gasteiger partial charge in [-0.15, -0.1) is 0 Å². The van der Waals surface area contributed by atoms with Crippen LogP contribution in [0, 0.1) is 30.5 Å². The maximum Gasteiger partial charge on any atom is 0.255 e. The molecule has 2 rings (SSSR count). The van der Waals surface area contributed by atoms with Gasteiger partial charge >= 0.3 is 0 Å². The molecule has 0 atom stereocenters. The van der Waals surface area contributed by atoms with E-state index in [0.717, 1.165) is 0 Å². The first kappa shape index (κ1) is 12.3. The minimum absolute atomic E-state index is 0.0599. The molecule has 2 aromatic rings. The van der Waals surface area contributed by atoms with Crippen molar-refractivity contribution in [2.75, 3.05) is 0 Å². The van der Waals surface area contributed by atoms with E-state index >= 15 is 0 Å². The lowest BCUT2D eigenvalue weighted by Crippen LogP contribution is -2.05. The molecule has 0 N–H and O–H groups in total. The van der Waals surface area contributed by atoms with Gasteiger partial charge in [0.25, 0.3) is 11.9 Å². The molecule has 96 valence electrons. The fraction of sp³-hybridized carbons (Fsp3) is 0.200. The second-order valence-electron chi connectivity index (χ2n) is 3.50. The van der Waals surface area contributed by atoms with Gasteiger partial charge in [0.1, 0.15) is 0 Å². The normalized spacial score (nSPS) is 10.8. The molecule has 2 heterocycles. The Balaban J connectivity index is 2.49. The van der Waals surface area contributed by atoms with Crippen LogP contribution in [0.3, 0.4) is 0 Å². The number of halogens is 4. The zero-order valence-electron chi connectivity index (χ0n) is 9.34. The predicted octanol–water partition coefficient (Wildman–Crippen LogP) is 2.47. The van der Waals surface area contributed by atoms with Crippen LogP contribution in [0.25, 0.3) is 0 Å². The van der Waals surface area contributed by atoms with E-state index < -0.39 is 29.3 Å². The van der Waals surface area contributed by atoms with Crippen LogP contribution in [0.4, 0.5) is 17.6 Å². The Hall–Kier alpha value is -2.12. The van der Waals surface area contributed by atoms with Gasteiger partial charge in [0.15, 0.2) is 0 Å². The molecule has 8 heteroatoms. The average Bonchev–Trinajstić information content (AvgIpc) is 2.61. The van der Waals surface area contributed by atoms with Gasteiger partial charge in [-0.25, -0.2) is 4.68 Å². The molecule has 0 saturated carbocycles. The van der Waals surface area contributed by atoms with Gasteiger partial charge in [0, 0.05) is 13.1 Å². The highest BCUT2D eigenvalue weighted by molar-refractivity contribution is 5.29. The smallest absolute Gasteiger partial charge is 0.255 e. The number of nitrogens with zero attached hydrogens (tertiary/aromatic N) is 3. The van der Waals surface area contributed by atoms with E-state index in [4.69, 9.17) is 4.74 Å². The third-order valence-corrected chi connectivity index (χ3v) is 2.12. The first-order valence-corrected chi connectivity index (χ1v) is 4.78. The topological polar surface area (TPSA) is 39.9 Å². The van der Waals surface area contributed by atoms with Gasteiger partial charge in [-0.2, -0.15) is 27.6 Å². The van der Waals surface area contributed by atoms with E-state index in [1.54, 1.807) is 6.92 Å². The van der Waals surface area contributed by atoms with E-state index in [0.29, 0.717) is 5.69 Å². The van der Waals surface area contributed by atoms with E-state index in [2.05, 4.69) is 10.1 Å². The highest BCUT2D eigenvalue weighted by Gasteiger charge is 2.23. The number of hydrogen-bond acceptors (Lipinski definition) is 3. The molecule has 0 spiro atoms. The van der Waals surface area contributed by atoms with Crippen molar-refractivity contribution in [3.05, 3.63) is 35.3 Å². The van der Waals surface area contributed by atoms with Crippen LogP contribution in [0.1, 0.15) is 5.69 Å². The molecule has 2 aromatic heterocycles. The lowest BCUT2D eigenvalue weighted by atomic mass is 10.4. The fourth-order valence-electron chi connectivity index (χ4n) is 1.34. The highest BCUT2D eigenvalue weighted by Crippen LogP contribution is 2.29. The van der Waals surface area contributed by atoms with Gasteiger partial charge in [-0.1, -0.05) is 0 Å². The Kier molecular flexibility index (Phi) is 2.93. The first-order valence-electron chi connectivity index (χ1n) is 4.78. The molecular weight excluding hydrogens is 254 g/mol. The highest BCUT2D eigenvalue weighted by atomic mass is 19.2. The summed E-state index contributed by atoms with van der Waals surface area (Å²) in [5, 5.41) is 3.86. The summed E-state index contributed by atoms with van der Waals surface area (Å²) in [6.07, 6.45) is 0. The Morgan fingerprint density at radius 1 is 1.11 bits per heavy atom. The number of aromatic nitrogens is 3. The Labute approximate surface area is 98.8 Å². The number of rotatable bonds is 2. The molecule has 0 aliphatic rings. The van der Waals surface area contributed by atoms with Crippen LogP contribution in [-0.4, -0.2) is 14.8 Å². The Morgan fingerprint density at radius 3 is 2.11 bits per heavy atom. The van der Waals surface area contributed by atoms with Crippen molar-refractivity contribution in [3.63, 3.8) is 0 Å². The van der Waals surface area contributed by atoms with Crippen molar-refractivity contribution in [2.24, 2.45) is 7.05 Å². The molecular formula is C10H7F4N3O. The summed E-state index contributed by atoms with van der Waals surface area (Å²) in [6.45, 7) is 1.62. The van der Waals surface area contributed by atoms with Crippen molar-refractivity contribution in [1.29, 1.82) is 0 Å².